The van der Waals surface area contributed by atoms with E-state index in [1.165, 1.54) is 6.92 Å². The van der Waals surface area contributed by atoms with E-state index in [2.05, 4.69) is 26.1 Å². The average Bonchev–Trinajstić information content (AvgIpc) is 3.07. The SMILES string of the molecule is CC(=O)/C(=N\Nc1cccc(C)c1)Sc1nnnn1-c1ccccc1. The van der Waals surface area contributed by atoms with Gasteiger partial charge in [-0.15, -0.1) is 5.10 Å². The molecule has 0 spiro atoms. The number of aromatic nitrogens is 4. The minimum absolute atomic E-state index is 0.173. The Bertz CT molecular complexity index is 906. The molecule has 2 aromatic carbocycles. The van der Waals surface area contributed by atoms with Crippen molar-refractivity contribution in [2.24, 2.45) is 5.10 Å². The maximum atomic E-state index is 11.9. The van der Waals surface area contributed by atoms with Gasteiger partial charge in [0.1, 0.15) is 0 Å². The van der Waals surface area contributed by atoms with Gasteiger partial charge in [0.05, 0.1) is 11.4 Å². The summed E-state index contributed by atoms with van der Waals surface area (Å²) < 4.78 is 1.57. The minimum Gasteiger partial charge on any atom is -0.292 e. The smallest absolute Gasteiger partial charge is 0.220 e. The predicted octanol–water partition coefficient (Wildman–Crippen LogP) is 3.08. The van der Waals surface area contributed by atoms with Gasteiger partial charge in [-0.05, 0) is 58.9 Å². The Labute approximate surface area is 149 Å². The number of para-hydroxylation sites is 1. The number of benzene rings is 2. The molecule has 8 heteroatoms. The van der Waals surface area contributed by atoms with Gasteiger partial charge in [0.15, 0.2) is 10.8 Å². The summed E-state index contributed by atoms with van der Waals surface area (Å²) in [6.07, 6.45) is 0. The molecule has 0 saturated carbocycles. The summed E-state index contributed by atoms with van der Waals surface area (Å²) in [6.45, 7) is 3.45. The van der Waals surface area contributed by atoms with Crippen molar-refractivity contribution in [3.05, 3.63) is 60.2 Å². The monoisotopic (exact) mass is 352 g/mol. The van der Waals surface area contributed by atoms with E-state index < -0.39 is 0 Å². The molecule has 0 aliphatic carbocycles. The molecule has 126 valence electrons. The molecule has 0 amide bonds. The summed E-state index contributed by atoms with van der Waals surface area (Å²) in [4.78, 5) is 11.9. The predicted molar refractivity (Wildman–Crippen MR) is 97.9 cm³/mol. The standard InChI is InChI=1S/C17H16N6OS/c1-12-7-6-8-14(11-12)18-19-16(13(2)24)25-17-20-21-22-23(17)15-9-4-3-5-10-15/h3-11,18H,1-2H3/b19-16+. The maximum Gasteiger partial charge on any atom is 0.220 e. The van der Waals surface area contributed by atoms with Crippen LogP contribution >= 0.6 is 11.8 Å². The van der Waals surface area contributed by atoms with Crippen molar-refractivity contribution in [1.29, 1.82) is 0 Å². The second kappa shape index (κ2) is 7.71. The summed E-state index contributed by atoms with van der Waals surface area (Å²) in [5.74, 6) is -0.173. The Balaban J connectivity index is 1.83. The number of nitrogens with zero attached hydrogens (tertiary/aromatic N) is 5. The molecule has 0 unspecified atom stereocenters. The Kier molecular flexibility index (Phi) is 5.20. The molecule has 0 aliphatic heterocycles. The first-order chi connectivity index (χ1) is 12.1. The number of hydrogen-bond acceptors (Lipinski definition) is 7. The molecular weight excluding hydrogens is 336 g/mol. The normalized spacial score (nSPS) is 11.4. The van der Waals surface area contributed by atoms with Crippen LogP contribution in [0.1, 0.15) is 12.5 Å². The van der Waals surface area contributed by atoms with Crippen LogP contribution in [0.25, 0.3) is 5.69 Å². The van der Waals surface area contributed by atoms with Crippen molar-refractivity contribution in [1.82, 2.24) is 20.2 Å². The van der Waals surface area contributed by atoms with Crippen LogP contribution in [0.2, 0.25) is 0 Å². The van der Waals surface area contributed by atoms with Gasteiger partial charge < -0.3 is 0 Å². The van der Waals surface area contributed by atoms with Crippen molar-refractivity contribution < 1.29 is 4.79 Å². The molecule has 1 heterocycles. The van der Waals surface area contributed by atoms with Crippen LogP contribution < -0.4 is 5.43 Å². The molecule has 0 fully saturated rings. The van der Waals surface area contributed by atoms with E-state index in [4.69, 9.17) is 0 Å². The summed E-state index contributed by atoms with van der Waals surface area (Å²) in [5, 5.41) is 16.6. The molecule has 25 heavy (non-hydrogen) atoms. The number of ketones is 1. The van der Waals surface area contributed by atoms with Crippen LogP contribution in [0, 0.1) is 6.92 Å². The third kappa shape index (κ3) is 4.30. The Hall–Kier alpha value is -3.00. The van der Waals surface area contributed by atoms with Crippen LogP contribution in [-0.2, 0) is 4.79 Å². The molecule has 0 saturated heterocycles. The highest BCUT2D eigenvalue weighted by Gasteiger charge is 2.16. The zero-order chi connectivity index (χ0) is 17.6. The van der Waals surface area contributed by atoms with Gasteiger partial charge in [0.2, 0.25) is 5.16 Å². The van der Waals surface area contributed by atoms with Crippen LogP contribution in [0.3, 0.4) is 0 Å². The van der Waals surface area contributed by atoms with Crippen molar-refractivity contribution >= 4 is 28.3 Å². The zero-order valence-corrected chi connectivity index (χ0v) is 14.6. The molecule has 1 aromatic heterocycles. The molecular formula is C17H16N6OS. The summed E-state index contributed by atoms with van der Waals surface area (Å²) in [5.41, 5.74) is 5.63. The van der Waals surface area contributed by atoms with Crippen molar-refractivity contribution in [3.8, 4) is 5.69 Å². The van der Waals surface area contributed by atoms with Gasteiger partial charge in [-0.2, -0.15) is 9.78 Å². The lowest BCUT2D eigenvalue weighted by molar-refractivity contribution is -0.110. The fourth-order valence-corrected chi connectivity index (χ4v) is 2.78. The highest BCUT2D eigenvalue weighted by molar-refractivity contribution is 8.15. The fraction of sp³-hybridized carbons (Fsp3) is 0.118. The number of nitrogens with one attached hydrogen (secondary N) is 1. The van der Waals surface area contributed by atoms with Gasteiger partial charge in [-0.1, -0.05) is 30.3 Å². The lowest BCUT2D eigenvalue weighted by atomic mass is 10.2. The second-order valence-corrected chi connectivity index (χ2v) is 6.22. The number of anilines is 1. The van der Waals surface area contributed by atoms with Gasteiger partial charge in [-0.25, -0.2) is 0 Å². The molecule has 1 N–H and O–H groups in total. The number of tetrazole rings is 1. The molecule has 7 nitrogen and oxygen atoms in total. The van der Waals surface area contributed by atoms with Crippen molar-refractivity contribution in [2.75, 3.05) is 5.43 Å². The van der Waals surface area contributed by atoms with Crippen molar-refractivity contribution in [3.63, 3.8) is 0 Å². The average molecular weight is 352 g/mol. The van der Waals surface area contributed by atoms with Gasteiger partial charge in [-0.3, -0.25) is 10.2 Å². The Morgan fingerprint density at radius 2 is 1.96 bits per heavy atom. The zero-order valence-electron chi connectivity index (χ0n) is 13.7. The molecule has 0 radical (unpaired) electrons. The maximum absolute atomic E-state index is 11.9. The lowest BCUT2D eigenvalue weighted by Crippen LogP contribution is -2.10. The van der Waals surface area contributed by atoms with Crippen molar-refractivity contribution in [2.45, 2.75) is 19.0 Å². The molecule has 0 bridgehead atoms. The number of hydrazone groups is 1. The van der Waals surface area contributed by atoms with Gasteiger partial charge >= 0.3 is 0 Å². The lowest BCUT2D eigenvalue weighted by Gasteiger charge is -2.06. The van der Waals surface area contributed by atoms with Crippen LogP contribution in [0.4, 0.5) is 5.69 Å². The van der Waals surface area contributed by atoms with E-state index in [1.807, 2.05) is 61.5 Å². The molecule has 3 aromatic rings. The number of Topliss-reactive ketones (excluding diaryl/α,β-unsaturated/α-hetero) is 1. The quantitative estimate of drug-likeness (QED) is 0.329. The van der Waals surface area contributed by atoms with E-state index >= 15 is 0 Å². The number of thioether (sulfide) groups is 1. The minimum atomic E-state index is -0.173. The van der Waals surface area contributed by atoms with Crippen LogP contribution in [0.5, 0.6) is 0 Å². The fourth-order valence-electron chi connectivity index (χ4n) is 2.06. The number of rotatable bonds is 5. The van der Waals surface area contributed by atoms with Gasteiger partial charge in [0.25, 0.3) is 0 Å². The van der Waals surface area contributed by atoms with Crippen LogP contribution in [0.15, 0.2) is 64.9 Å². The Morgan fingerprint density at radius 1 is 1.16 bits per heavy atom. The number of carbonyl (C=O) groups excluding carboxylic acids is 1. The van der Waals surface area contributed by atoms with E-state index in [-0.39, 0.29) is 10.8 Å². The summed E-state index contributed by atoms with van der Waals surface area (Å²) >= 11 is 1.11. The van der Waals surface area contributed by atoms with E-state index in [9.17, 15) is 4.79 Å². The first-order valence-electron chi connectivity index (χ1n) is 7.56. The topological polar surface area (TPSA) is 85.1 Å². The largest absolute Gasteiger partial charge is 0.292 e. The molecule has 0 aliphatic rings. The Morgan fingerprint density at radius 3 is 2.68 bits per heavy atom. The second-order valence-electron chi connectivity index (χ2n) is 5.27. The number of carbonyl (C=O) groups is 1. The third-order valence-corrected chi connectivity index (χ3v) is 4.24. The molecule has 3 rings (SSSR count). The molecule has 0 atom stereocenters. The highest BCUT2D eigenvalue weighted by atomic mass is 32.2. The number of aryl methyl sites for hydroxylation is 1. The van der Waals surface area contributed by atoms with E-state index in [0.29, 0.717) is 5.16 Å². The van der Waals surface area contributed by atoms with Gasteiger partial charge in [0, 0.05) is 6.92 Å². The van der Waals surface area contributed by atoms with E-state index in [1.54, 1.807) is 4.68 Å². The number of hydrogen-bond donors (Lipinski definition) is 1. The third-order valence-electron chi connectivity index (χ3n) is 3.24. The summed E-state index contributed by atoms with van der Waals surface area (Å²) in [6, 6.07) is 17.2. The first kappa shape index (κ1) is 16.8. The highest BCUT2D eigenvalue weighted by Crippen LogP contribution is 2.20. The first-order valence-corrected chi connectivity index (χ1v) is 8.38. The summed E-state index contributed by atoms with van der Waals surface area (Å²) in [7, 11) is 0. The van der Waals surface area contributed by atoms with E-state index in [0.717, 1.165) is 28.7 Å². The van der Waals surface area contributed by atoms with Crippen LogP contribution in [-0.4, -0.2) is 31.0 Å².